The maximum Gasteiger partial charge on any atom is 0.472 e. The molecule has 19 heteroatoms. The lowest BCUT2D eigenvalue weighted by Crippen LogP contribution is -2.30. The van der Waals surface area contributed by atoms with Crippen LogP contribution in [0.3, 0.4) is 0 Å². The SMILES string of the molecule is CCCCCC/C=C\C=C/CCCCCCCC(=O)OC[C@H](COP(=O)(O)OC[C@@H](O)COP(=O)(O)OC[C@@H](COC(=O)CCCCCCCCC)OC(=O)CCCCCCCCC(C)CC)OC(=O)CCCCCCCCCCCCCCCCC(C)CC. The summed E-state index contributed by atoms with van der Waals surface area (Å²) < 4.78 is 68.1. The average molecular weight is 1320 g/mol. The molecule has 7 atom stereocenters. The molecule has 0 aliphatic heterocycles. The van der Waals surface area contributed by atoms with Crippen LogP contribution < -0.4 is 0 Å². The highest BCUT2D eigenvalue weighted by molar-refractivity contribution is 7.47. The van der Waals surface area contributed by atoms with Crippen molar-refractivity contribution >= 4 is 39.5 Å². The van der Waals surface area contributed by atoms with E-state index in [0.29, 0.717) is 25.7 Å². The molecule has 0 aliphatic carbocycles. The van der Waals surface area contributed by atoms with Crippen LogP contribution in [0.15, 0.2) is 24.3 Å². The molecule has 0 saturated carbocycles. The number of carbonyl (C=O) groups is 4. The minimum Gasteiger partial charge on any atom is -0.462 e. The molecule has 0 radical (unpaired) electrons. The summed E-state index contributed by atoms with van der Waals surface area (Å²) in [7, 11) is -9.91. The first-order valence-corrected chi connectivity index (χ1v) is 39.4. The smallest absolute Gasteiger partial charge is 0.462 e. The van der Waals surface area contributed by atoms with Crippen molar-refractivity contribution in [2.24, 2.45) is 11.8 Å². The highest BCUT2D eigenvalue weighted by Gasteiger charge is 2.30. The Morgan fingerprint density at radius 2 is 0.622 bits per heavy atom. The van der Waals surface area contributed by atoms with Gasteiger partial charge in [-0.1, -0.05) is 284 Å². The van der Waals surface area contributed by atoms with Gasteiger partial charge in [0.1, 0.15) is 19.3 Å². The number of aliphatic hydroxyl groups is 1. The first-order valence-electron chi connectivity index (χ1n) is 36.4. The zero-order valence-corrected chi connectivity index (χ0v) is 59.7. The minimum atomic E-state index is -4.96. The zero-order chi connectivity index (χ0) is 66.5. The molecular formula is C71H134O17P2. The van der Waals surface area contributed by atoms with Crippen molar-refractivity contribution in [1.29, 1.82) is 0 Å². The number of rotatable bonds is 68. The van der Waals surface area contributed by atoms with E-state index in [1.807, 2.05) is 0 Å². The van der Waals surface area contributed by atoms with Crippen molar-refractivity contribution in [3.8, 4) is 0 Å². The zero-order valence-electron chi connectivity index (χ0n) is 57.9. The van der Waals surface area contributed by atoms with Crippen LogP contribution in [0.2, 0.25) is 0 Å². The number of carbonyl (C=O) groups excluding carboxylic acids is 4. The van der Waals surface area contributed by atoms with Gasteiger partial charge in [0.05, 0.1) is 26.4 Å². The molecule has 0 amide bonds. The number of phosphoric acid groups is 2. The summed E-state index contributed by atoms with van der Waals surface area (Å²) in [5.74, 6) is -0.598. The fourth-order valence-electron chi connectivity index (χ4n) is 10.2. The second kappa shape index (κ2) is 62.6. The summed E-state index contributed by atoms with van der Waals surface area (Å²) in [6.07, 6.45) is 50.9. The molecule has 0 aromatic carbocycles. The lowest BCUT2D eigenvalue weighted by atomic mass is 9.99. The average Bonchev–Trinajstić information content (AvgIpc) is 3.69. The van der Waals surface area contributed by atoms with Gasteiger partial charge >= 0.3 is 39.5 Å². The van der Waals surface area contributed by atoms with Crippen LogP contribution in [-0.2, 0) is 65.4 Å². The highest BCUT2D eigenvalue weighted by Crippen LogP contribution is 2.45. The number of allylic oxidation sites excluding steroid dienone is 4. The molecule has 0 aromatic rings. The fraction of sp³-hybridized carbons (Fsp3) is 0.887. The Morgan fingerprint density at radius 1 is 0.356 bits per heavy atom. The Kier molecular flexibility index (Phi) is 60.9. The molecule has 17 nitrogen and oxygen atoms in total. The molecular weight excluding hydrogens is 1190 g/mol. The van der Waals surface area contributed by atoms with Gasteiger partial charge < -0.3 is 33.8 Å². The van der Waals surface area contributed by atoms with E-state index in [-0.39, 0.29) is 25.7 Å². The second-order valence-corrected chi connectivity index (χ2v) is 28.3. The Balaban J connectivity index is 5.24. The quantitative estimate of drug-likeness (QED) is 0.0169. The number of aliphatic hydroxyl groups excluding tert-OH is 1. The Morgan fingerprint density at radius 3 is 0.944 bits per heavy atom. The number of esters is 4. The van der Waals surface area contributed by atoms with Gasteiger partial charge in [-0.3, -0.25) is 37.3 Å². The molecule has 530 valence electrons. The molecule has 0 heterocycles. The van der Waals surface area contributed by atoms with E-state index in [9.17, 15) is 43.2 Å². The third kappa shape index (κ3) is 61.7. The molecule has 90 heavy (non-hydrogen) atoms. The molecule has 0 bridgehead atoms. The van der Waals surface area contributed by atoms with Crippen molar-refractivity contribution in [2.45, 2.75) is 355 Å². The first-order chi connectivity index (χ1) is 43.4. The molecule has 0 rings (SSSR count). The minimum absolute atomic E-state index is 0.100. The van der Waals surface area contributed by atoms with Crippen molar-refractivity contribution in [3.63, 3.8) is 0 Å². The number of hydrogen-bond donors (Lipinski definition) is 3. The van der Waals surface area contributed by atoms with E-state index in [0.717, 1.165) is 134 Å². The maximum absolute atomic E-state index is 13.0. The molecule has 4 unspecified atom stereocenters. The van der Waals surface area contributed by atoms with Crippen LogP contribution in [-0.4, -0.2) is 96.7 Å². The van der Waals surface area contributed by atoms with E-state index < -0.39 is 97.5 Å². The van der Waals surface area contributed by atoms with E-state index >= 15 is 0 Å². The van der Waals surface area contributed by atoms with Gasteiger partial charge in [-0.2, -0.15) is 0 Å². The summed E-state index contributed by atoms with van der Waals surface area (Å²) >= 11 is 0. The molecule has 0 fully saturated rings. The predicted octanol–water partition coefficient (Wildman–Crippen LogP) is 19.9. The van der Waals surface area contributed by atoms with Crippen molar-refractivity contribution in [2.75, 3.05) is 39.6 Å². The first kappa shape index (κ1) is 87.5. The van der Waals surface area contributed by atoms with Crippen LogP contribution >= 0.6 is 15.6 Å². The van der Waals surface area contributed by atoms with Crippen LogP contribution in [0, 0.1) is 11.8 Å². The Bertz CT molecular complexity index is 1850. The van der Waals surface area contributed by atoms with Crippen LogP contribution in [0.1, 0.15) is 337 Å². The number of phosphoric ester groups is 2. The van der Waals surface area contributed by atoms with Gasteiger partial charge in [0.25, 0.3) is 0 Å². The lowest BCUT2D eigenvalue weighted by molar-refractivity contribution is -0.161. The molecule has 0 spiro atoms. The molecule has 3 N–H and O–H groups in total. The largest absolute Gasteiger partial charge is 0.472 e. The number of ether oxygens (including phenoxy) is 4. The van der Waals surface area contributed by atoms with Gasteiger partial charge in [0.2, 0.25) is 0 Å². The third-order valence-electron chi connectivity index (χ3n) is 16.6. The van der Waals surface area contributed by atoms with E-state index in [4.69, 9.17) is 37.0 Å². The van der Waals surface area contributed by atoms with E-state index in [1.54, 1.807) is 0 Å². The fourth-order valence-corrected chi connectivity index (χ4v) is 11.7. The van der Waals surface area contributed by atoms with Crippen molar-refractivity contribution < 1.29 is 80.2 Å². The standard InChI is InChI=1S/C71H134O17P2/c1-7-11-13-15-17-18-19-20-21-25-28-31-35-42-48-54-69(74)82-60-66(87-70(75)55-49-43-36-32-29-26-23-22-24-27-30-34-39-45-51-63(5)9-3)61-85-89(77,78)83-57-65(72)58-84-90(79,80)86-62-67(59-81-68(73)53-47-41-33-16-14-12-8-2)88-71(76)56-50-44-38-37-40-46-52-64(6)10-4/h18-21,63-67,72H,7-17,22-62H2,1-6H3,(H,77,78)(H,79,80)/b19-18-,21-20-/t63?,64?,65-,66-,67-/m1/s1. The van der Waals surface area contributed by atoms with Crippen molar-refractivity contribution in [3.05, 3.63) is 24.3 Å². The normalized spacial score (nSPS) is 14.9. The van der Waals surface area contributed by atoms with Gasteiger partial charge in [-0.05, 0) is 63.2 Å². The summed E-state index contributed by atoms with van der Waals surface area (Å²) in [6, 6.07) is 0. The van der Waals surface area contributed by atoms with Gasteiger partial charge in [0.15, 0.2) is 12.2 Å². The Labute approximate surface area is 548 Å². The third-order valence-corrected chi connectivity index (χ3v) is 18.5. The summed E-state index contributed by atoms with van der Waals surface area (Å²) in [6.45, 7) is 9.44. The predicted molar refractivity (Wildman–Crippen MR) is 363 cm³/mol. The molecule has 0 saturated heterocycles. The summed E-state index contributed by atoms with van der Waals surface area (Å²) in [5, 5.41) is 10.6. The van der Waals surface area contributed by atoms with Crippen molar-refractivity contribution in [1.82, 2.24) is 0 Å². The topological polar surface area (TPSA) is 237 Å². The lowest BCUT2D eigenvalue weighted by Gasteiger charge is -2.21. The van der Waals surface area contributed by atoms with Gasteiger partial charge in [-0.15, -0.1) is 0 Å². The van der Waals surface area contributed by atoms with E-state index in [2.05, 4.69) is 65.8 Å². The highest BCUT2D eigenvalue weighted by atomic mass is 31.2. The number of unbranched alkanes of at least 4 members (excludes halogenated alkanes) is 33. The van der Waals surface area contributed by atoms with E-state index in [1.165, 1.54) is 122 Å². The second-order valence-electron chi connectivity index (χ2n) is 25.4. The van der Waals surface area contributed by atoms with Crippen LogP contribution in [0.4, 0.5) is 0 Å². The van der Waals surface area contributed by atoms with Gasteiger partial charge in [0, 0.05) is 25.7 Å². The monoisotopic (exact) mass is 1320 g/mol. The number of hydrogen-bond acceptors (Lipinski definition) is 15. The van der Waals surface area contributed by atoms with Gasteiger partial charge in [-0.25, -0.2) is 9.13 Å². The molecule has 0 aliphatic rings. The van der Waals surface area contributed by atoms with Crippen LogP contribution in [0.5, 0.6) is 0 Å². The summed E-state index contributed by atoms with van der Waals surface area (Å²) in [4.78, 5) is 72.4. The molecule has 0 aromatic heterocycles. The Hall–Kier alpha value is -2.46. The maximum atomic E-state index is 13.0. The summed E-state index contributed by atoms with van der Waals surface area (Å²) in [5.41, 5.74) is 0. The van der Waals surface area contributed by atoms with Crippen LogP contribution in [0.25, 0.3) is 0 Å².